The molecule has 2 aromatic rings. The molecular weight excluding hydrogens is 280 g/mol. The third-order valence-corrected chi connectivity index (χ3v) is 3.42. The topological polar surface area (TPSA) is 75.2 Å². The molecule has 0 saturated carbocycles. The number of nitrogens with zero attached hydrogens (tertiary/aromatic N) is 3. The summed E-state index contributed by atoms with van der Waals surface area (Å²) >= 11 is 0. The molecule has 0 atom stereocenters. The van der Waals surface area contributed by atoms with Gasteiger partial charge in [-0.3, -0.25) is 0 Å². The highest BCUT2D eigenvalue weighted by atomic mass is 16.5. The minimum absolute atomic E-state index is 0.384. The first kappa shape index (κ1) is 16.5. The van der Waals surface area contributed by atoms with Gasteiger partial charge in [0, 0.05) is 20.2 Å². The van der Waals surface area contributed by atoms with Gasteiger partial charge in [-0.05, 0) is 37.5 Å². The van der Waals surface area contributed by atoms with Gasteiger partial charge in [-0.2, -0.15) is 0 Å². The van der Waals surface area contributed by atoms with Crippen LogP contribution in [-0.4, -0.2) is 28.7 Å². The number of aryl methyl sites for hydroxylation is 2. The van der Waals surface area contributed by atoms with Crippen LogP contribution in [0.1, 0.15) is 29.8 Å². The van der Waals surface area contributed by atoms with Gasteiger partial charge in [0.15, 0.2) is 0 Å². The molecule has 0 radical (unpaired) electrons. The lowest BCUT2D eigenvalue weighted by molar-refractivity contribution is 0.175. The Hall–Kier alpha value is -1.92. The maximum atomic E-state index is 5.74. The Morgan fingerprint density at radius 2 is 2.14 bits per heavy atom. The molecule has 0 aliphatic rings. The van der Waals surface area contributed by atoms with E-state index in [1.54, 1.807) is 7.11 Å². The van der Waals surface area contributed by atoms with Crippen molar-refractivity contribution in [3.05, 3.63) is 41.2 Å². The lowest BCUT2D eigenvalue weighted by Crippen LogP contribution is -2.10. The van der Waals surface area contributed by atoms with Gasteiger partial charge in [0.2, 0.25) is 0 Å². The summed E-state index contributed by atoms with van der Waals surface area (Å²) in [5, 5.41) is 8.22. The van der Waals surface area contributed by atoms with Gasteiger partial charge in [0.25, 0.3) is 0 Å². The van der Waals surface area contributed by atoms with Gasteiger partial charge in [0.1, 0.15) is 11.4 Å². The molecule has 1 aromatic heterocycles. The Labute approximate surface area is 131 Å². The molecule has 0 unspecified atom stereocenters. The van der Waals surface area contributed by atoms with E-state index in [9.17, 15) is 0 Å². The molecule has 6 nitrogen and oxygen atoms in total. The second-order valence-electron chi connectivity index (χ2n) is 5.22. The molecule has 0 fully saturated rings. The van der Waals surface area contributed by atoms with E-state index < -0.39 is 0 Å². The van der Waals surface area contributed by atoms with Crippen molar-refractivity contribution in [2.45, 2.75) is 39.5 Å². The maximum absolute atomic E-state index is 5.74. The van der Waals surface area contributed by atoms with E-state index in [1.807, 2.05) is 22.9 Å². The van der Waals surface area contributed by atoms with Crippen LogP contribution in [0.2, 0.25) is 0 Å². The zero-order valence-electron chi connectivity index (χ0n) is 13.3. The molecule has 1 heterocycles. The van der Waals surface area contributed by atoms with Crippen LogP contribution in [0, 0.1) is 6.92 Å². The molecule has 1 aromatic carbocycles. The molecule has 22 heavy (non-hydrogen) atoms. The Balaban J connectivity index is 1.76. The first-order chi connectivity index (χ1) is 10.7. The molecule has 0 saturated heterocycles. The number of hydrogen-bond donors (Lipinski definition) is 1. The van der Waals surface area contributed by atoms with Crippen molar-refractivity contribution in [1.29, 1.82) is 0 Å². The van der Waals surface area contributed by atoms with Crippen LogP contribution >= 0.6 is 0 Å². The van der Waals surface area contributed by atoms with E-state index in [4.69, 9.17) is 15.2 Å². The zero-order valence-corrected chi connectivity index (χ0v) is 13.3. The highest BCUT2D eigenvalue weighted by Crippen LogP contribution is 2.13. The summed E-state index contributed by atoms with van der Waals surface area (Å²) in [5.74, 6) is 0.922. The fourth-order valence-corrected chi connectivity index (χ4v) is 2.26. The van der Waals surface area contributed by atoms with Crippen molar-refractivity contribution in [3.8, 4) is 5.75 Å². The standard InChI is InChI=1S/C16H24N4O2/c1-13-6-5-7-14(10-13)22-9-4-3-8-20-16(12-21-2)15(11-17)18-19-20/h5-7,10H,3-4,8-9,11-12,17H2,1-2H3. The summed E-state index contributed by atoms with van der Waals surface area (Å²) in [5.41, 5.74) is 8.63. The largest absolute Gasteiger partial charge is 0.494 e. The van der Waals surface area contributed by atoms with Crippen LogP contribution in [-0.2, 0) is 24.4 Å². The number of ether oxygens (including phenoxy) is 2. The predicted molar refractivity (Wildman–Crippen MR) is 84.5 cm³/mol. The highest BCUT2D eigenvalue weighted by Gasteiger charge is 2.10. The van der Waals surface area contributed by atoms with Gasteiger partial charge >= 0.3 is 0 Å². The highest BCUT2D eigenvalue weighted by molar-refractivity contribution is 5.27. The lowest BCUT2D eigenvalue weighted by Gasteiger charge is -2.08. The van der Waals surface area contributed by atoms with E-state index in [0.29, 0.717) is 19.8 Å². The Morgan fingerprint density at radius 1 is 1.27 bits per heavy atom. The van der Waals surface area contributed by atoms with Crippen LogP contribution in [0.4, 0.5) is 0 Å². The van der Waals surface area contributed by atoms with Crippen LogP contribution in [0.5, 0.6) is 5.75 Å². The number of benzene rings is 1. The minimum Gasteiger partial charge on any atom is -0.494 e. The third-order valence-electron chi connectivity index (χ3n) is 3.42. The van der Waals surface area contributed by atoms with Crippen LogP contribution in [0.25, 0.3) is 0 Å². The summed E-state index contributed by atoms with van der Waals surface area (Å²) in [6, 6.07) is 8.09. The monoisotopic (exact) mass is 304 g/mol. The van der Waals surface area contributed by atoms with Crippen molar-refractivity contribution in [1.82, 2.24) is 15.0 Å². The average Bonchev–Trinajstić information content (AvgIpc) is 2.90. The zero-order chi connectivity index (χ0) is 15.8. The number of unbranched alkanes of at least 4 members (excludes halogenated alkanes) is 1. The van der Waals surface area contributed by atoms with E-state index in [-0.39, 0.29) is 0 Å². The lowest BCUT2D eigenvalue weighted by atomic mass is 10.2. The summed E-state index contributed by atoms with van der Waals surface area (Å²) in [7, 11) is 1.66. The van der Waals surface area contributed by atoms with E-state index in [1.165, 1.54) is 5.56 Å². The maximum Gasteiger partial charge on any atom is 0.119 e. The number of rotatable bonds is 9. The van der Waals surface area contributed by atoms with Crippen molar-refractivity contribution in [2.75, 3.05) is 13.7 Å². The van der Waals surface area contributed by atoms with Gasteiger partial charge in [0.05, 0.1) is 18.9 Å². The van der Waals surface area contributed by atoms with Crippen molar-refractivity contribution < 1.29 is 9.47 Å². The predicted octanol–water partition coefficient (Wildman–Crippen LogP) is 2.05. The second kappa shape index (κ2) is 8.51. The van der Waals surface area contributed by atoms with Gasteiger partial charge < -0.3 is 15.2 Å². The molecule has 0 bridgehead atoms. The number of aromatic nitrogens is 3. The number of methoxy groups -OCH3 is 1. The van der Waals surface area contributed by atoms with E-state index >= 15 is 0 Å². The molecule has 0 aliphatic carbocycles. The molecule has 0 amide bonds. The smallest absolute Gasteiger partial charge is 0.119 e. The molecule has 6 heteroatoms. The quantitative estimate of drug-likeness (QED) is 0.718. The Morgan fingerprint density at radius 3 is 2.86 bits per heavy atom. The summed E-state index contributed by atoms with van der Waals surface area (Å²) in [6.45, 7) is 4.42. The molecular formula is C16H24N4O2. The van der Waals surface area contributed by atoms with Crippen molar-refractivity contribution in [3.63, 3.8) is 0 Å². The normalized spacial score (nSPS) is 10.9. The first-order valence-corrected chi connectivity index (χ1v) is 7.54. The SMILES string of the molecule is COCc1c(CN)nnn1CCCCOc1cccc(C)c1. The Bertz CT molecular complexity index is 583. The molecule has 2 N–H and O–H groups in total. The molecule has 0 spiro atoms. The summed E-state index contributed by atoms with van der Waals surface area (Å²) < 4.78 is 12.8. The summed E-state index contributed by atoms with van der Waals surface area (Å²) in [4.78, 5) is 0. The van der Waals surface area contributed by atoms with Crippen molar-refractivity contribution >= 4 is 0 Å². The van der Waals surface area contributed by atoms with Gasteiger partial charge in [-0.1, -0.05) is 17.3 Å². The fraction of sp³-hybridized carbons (Fsp3) is 0.500. The third kappa shape index (κ3) is 4.54. The second-order valence-corrected chi connectivity index (χ2v) is 5.22. The van der Waals surface area contributed by atoms with E-state index in [0.717, 1.165) is 36.5 Å². The molecule has 2 rings (SSSR count). The Kier molecular flexibility index (Phi) is 6.36. The van der Waals surface area contributed by atoms with Gasteiger partial charge in [-0.25, -0.2) is 4.68 Å². The van der Waals surface area contributed by atoms with Crippen LogP contribution in [0.15, 0.2) is 24.3 Å². The summed E-state index contributed by atoms with van der Waals surface area (Å²) in [6.07, 6.45) is 1.92. The first-order valence-electron chi connectivity index (χ1n) is 7.54. The van der Waals surface area contributed by atoms with Gasteiger partial charge in [-0.15, -0.1) is 5.10 Å². The number of hydrogen-bond acceptors (Lipinski definition) is 5. The number of nitrogens with two attached hydrogens (primary N) is 1. The van der Waals surface area contributed by atoms with Crippen LogP contribution in [0.3, 0.4) is 0 Å². The van der Waals surface area contributed by atoms with Crippen molar-refractivity contribution in [2.24, 2.45) is 5.73 Å². The molecule has 0 aliphatic heterocycles. The average molecular weight is 304 g/mol. The fourth-order valence-electron chi connectivity index (χ4n) is 2.26. The molecule has 120 valence electrons. The minimum atomic E-state index is 0.384. The van der Waals surface area contributed by atoms with Crippen LogP contribution < -0.4 is 10.5 Å². The van der Waals surface area contributed by atoms with E-state index in [2.05, 4.69) is 23.3 Å².